The maximum absolute atomic E-state index is 12.6. The molecule has 0 radical (unpaired) electrons. The highest BCUT2D eigenvalue weighted by atomic mass is 35.5. The van der Waals surface area contributed by atoms with Gasteiger partial charge in [-0.2, -0.15) is 4.72 Å². The molecule has 0 fully saturated rings. The third-order valence-corrected chi connectivity index (χ3v) is 6.03. The van der Waals surface area contributed by atoms with E-state index in [-0.39, 0.29) is 11.3 Å². The highest BCUT2D eigenvalue weighted by molar-refractivity contribution is 7.89. The van der Waals surface area contributed by atoms with E-state index in [2.05, 4.69) is 4.72 Å². The lowest BCUT2D eigenvalue weighted by molar-refractivity contribution is -0.139. The van der Waals surface area contributed by atoms with Crippen molar-refractivity contribution < 1.29 is 18.3 Å². The molecule has 0 saturated heterocycles. The molecule has 6 nitrogen and oxygen atoms in total. The molecule has 152 valence electrons. The molecule has 0 aromatic heterocycles. The van der Waals surface area contributed by atoms with Crippen LogP contribution in [0.2, 0.25) is 5.02 Å². The number of hydrogen-bond donors (Lipinski definition) is 2. The highest BCUT2D eigenvalue weighted by Gasteiger charge is 2.25. The number of carbonyl (C=O) groups is 1. The van der Waals surface area contributed by atoms with E-state index < -0.39 is 22.0 Å². The summed E-state index contributed by atoms with van der Waals surface area (Å²) in [4.78, 5) is 13.5. The number of nitrogens with one attached hydrogen (secondary N) is 1. The second-order valence-corrected chi connectivity index (χ2v) is 8.99. The van der Waals surface area contributed by atoms with Crippen LogP contribution in [0, 0.1) is 0 Å². The minimum absolute atomic E-state index is 0.0322. The van der Waals surface area contributed by atoms with Crippen LogP contribution >= 0.6 is 11.6 Å². The van der Waals surface area contributed by atoms with Crippen molar-refractivity contribution >= 4 is 27.6 Å². The van der Waals surface area contributed by atoms with E-state index in [0.717, 1.165) is 24.1 Å². The zero-order chi connectivity index (χ0) is 20.7. The van der Waals surface area contributed by atoms with Crippen molar-refractivity contribution in [2.45, 2.75) is 30.2 Å². The van der Waals surface area contributed by atoms with Crippen LogP contribution in [0.15, 0.2) is 53.4 Å². The predicted molar refractivity (Wildman–Crippen MR) is 111 cm³/mol. The summed E-state index contributed by atoms with van der Waals surface area (Å²) in [7, 11) is -0.0548. The Morgan fingerprint density at radius 2 is 1.57 bits per heavy atom. The molecule has 28 heavy (non-hydrogen) atoms. The first-order chi connectivity index (χ1) is 13.2. The average molecular weight is 425 g/mol. The Balaban J connectivity index is 2.07. The third-order valence-electron chi connectivity index (χ3n) is 4.29. The van der Waals surface area contributed by atoms with Crippen molar-refractivity contribution in [3.05, 3.63) is 53.6 Å². The largest absolute Gasteiger partial charge is 0.480 e. The van der Waals surface area contributed by atoms with E-state index in [0.29, 0.717) is 11.4 Å². The molecule has 0 bridgehead atoms. The predicted octanol–water partition coefficient (Wildman–Crippen LogP) is 3.47. The lowest BCUT2D eigenvalue weighted by Gasteiger charge is -2.16. The van der Waals surface area contributed by atoms with Crippen LogP contribution in [-0.4, -0.2) is 51.1 Å². The van der Waals surface area contributed by atoms with Gasteiger partial charge in [0.25, 0.3) is 0 Å². The summed E-state index contributed by atoms with van der Waals surface area (Å²) >= 11 is 5.88. The minimum Gasteiger partial charge on any atom is -0.480 e. The van der Waals surface area contributed by atoms with Gasteiger partial charge in [0.05, 0.1) is 4.90 Å². The Hall–Kier alpha value is -1.93. The number of aliphatic carboxylic acids is 1. The number of sulfonamides is 1. The zero-order valence-corrected chi connectivity index (χ0v) is 17.5. The molecule has 0 spiro atoms. The van der Waals surface area contributed by atoms with Crippen LogP contribution in [0.5, 0.6) is 0 Å². The second-order valence-electron chi connectivity index (χ2n) is 6.84. The van der Waals surface area contributed by atoms with Crippen molar-refractivity contribution in [3.8, 4) is 11.1 Å². The molecule has 0 aliphatic rings. The smallest absolute Gasteiger partial charge is 0.321 e. The first-order valence-electron chi connectivity index (χ1n) is 8.95. The third kappa shape index (κ3) is 6.60. The normalized spacial score (nSPS) is 12.9. The Labute approximate surface area is 171 Å². The number of rotatable bonds is 10. The van der Waals surface area contributed by atoms with Crippen LogP contribution in [0.1, 0.15) is 19.3 Å². The highest BCUT2D eigenvalue weighted by Crippen LogP contribution is 2.23. The maximum atomic E-state index is 12.6. The van der Waals surface area contributed by atoms with E-state index in [1.165, 1.54) is 12.1 Å². The Bertz CT molecular complexity index is 881. The molecule has 2 aromatic carbocycles. The fourth-order valence-electron chi connectivity index (χ4n) is 2.73. The number of carboxylic acid groups (broad SMARTS) is 1. The van der Waals surface area contributed by atoms with Crippen molar-refractivity contribution in [2.75, 3.05) is 20.6 Å². The van der Waals surface area contributed by atoms with Crippen LogP contribution in [0.3, 0.4) is 0 Å². The van der Waals surface area contributed by atoms with Crippen LogP contribution in [0.4, 0.5) is 0 Å². The van der Waals surface area contributed by atoms with Gasteiger partial charge in [-0.25, -0.2) is 8.42 Å². The number of hydrogen-bond acceptors (Lipinski definition) is 4. The van der Waals surface area contributed by atoms with E-state index in [1.807, 2.05) is 31.1 Å². The van der Waals surface area contributed by atoms with Crippen molar-refractivity contribution in [1.82, 2.24) is 9.62 Å². The van der Waals surface area contributed by atoms with Gasteiger partial charge < -0.3 is 10.0 Å². The first-order valence-corrected chi connectivity index (χ1v) is 10.8. The maximum Gasteiger partial charge on any atom is 0.321 e. The van der Waals surface area contributed by atoms with E-state index in [4.69, 9.17) is 11.6 Å². The van der Waals surface area contributed by atoms with Gasteiger partial charge in [0.1, 0.15) is 6.04 Å². The van der Waals surface area contributed by atoms with Gasteiger partial charge >= 0.3 is 5.97 Å². The lowest BCUT2D eigenvalue weighted by atomic mass is 10.1. The molecule has 2 rings (SSSR count). The topological polar surface area (TPSA) is 86.7 Å². The molecule has 2 aromatic rings. The fraction of sp³-hybridized carbons (Fsp3) is 0.350. The molecule has 0 aliphatic carbocycles. The summed E-state index contributed by atoms with van der Waals surface area (Å²) < 4.78 is 27.5. The summed E-state index contributed by atoms with van der Waals surface area (Å²) in [6.45, 7) is 0.825. The standard InChI is InChI=1S/C20H25ClN2O4S/c1-23(2)14-4-3-5-19(20(24)25)22-28(26,27)18-12-8-16(9-13-18)15-6-10-17(21)11-7-15/h6-13,19,22H,3-5,14H2,1-2H3,(H,24,25)/t19-/m0/s1. The summed E-state index contributed by atoms with van der Waals surface area (Å²) in [5, 5.41) is 9.98. The molecular weight excluding hydrogens is 400 g/mol. The van der Waals surface area contributed by atoms with Gasteiger partial charge in [-0.05, 0) is 75.3 Å². The number of nitrogens with zero attached hydrogens (tertiary/aromatic N) is 1. The van der Waals surface area contributed by atoms with Gasteiger partial charge in [-0.15, -0.1) is 0 Å². The molecule has 2 N–H and O–H groups in total. The van der Waals surface area contributed by atoms with Crippen LogP contribution in [0.25, 0.3) is 11.1 Å². The molecule has 8 heteroatoms. The summed E-state index contributed by atoms with van der Waals surface area (Å²) in [5.41, 5.74) is 1.75. The van der Waals surface area contributed by atoms with Crippen molar-refractivity contribution in [2.24, 2.45) is 0 Å². The number of halogens is 1. The summed E-state index contributed by atoms with van der Waals surface area (Å²) in [5.74, 6) is -1.17. The average Bonchev–Trinajstić information content (AvgIpc) is 2.64. The molecule has 0 amide bonds. The first kappa shape index (κ1) is 22.4. The number of unbranched alkanes of at least 4 members (excludes halogenated alkanes) is 1. The Morgan fingerprint density at radius 1 is 1.04 bits per heavy atom. The number of benzene rings is 2. The number of carboxylic acids is 1. The van der Waals surface area contributed by atoms with E-state index in [1.54, 1.807) is 24.3 Å². The Kier molecular flexibility index (Phi) is 8.00. The van der Waals surface area contributed by atoms with Gasteiger partial charge in [0, 0.05) is 5.02 Å². The SMILES string of the molecule is CN(C)CCCC[C@H](NS(=O)(=O)c1ccc(-c2ccc(Cl)cc2)cc1)C(=O)O. The van der Waals surface area contributed by atoms with Gasteiger partial charge in [0.2, 0.25) is 10.0 Å². The van der Waals surface area contributed by atoms with E-state index >= 15 is 0 Å². The van der Waals surface area contributed by atoms with Gasteiger partial charge in [-0.1, -0.05) is 35.9 Å². The lowest BCUT2D eigenvalue weighted by Crippen LogP contribution is -2.40. The molecule has 1 atom stereocenters. The van der Waals surface area contributed by atoms with Crippen LogP contribution < -0.4 is 4.72 Å². The Morgan fingerprint density at radius 3 is 2.07 bits per heavy atom. The van der Waals surface area contributed by atoms with Gasteiger partial charge in [0.15, 0.2) is 0 Å². The van der Waals surface area contributed by atoms with E-state index in [9.17, 15) is 18.3 Å². The van der Waals surface area contributed by atoms with Gasteiger partial charge in [-0.3, -0.25) is 4.79 Å². The fourth-order valence-corrected chi connectivity index (χ4v) is 4.08. The van der Waals surface area contributed by atoms with Crippen molar-refractivity contribution in [1.29, 1.82) is 0 Å². The molecule has 0 heterocycles. The molecule has 0 saturated carbocycles. The zero-order valence-electron chi connectivity index (χ0n) is 15.9. The van der Waals surface area contributed by atoms with Crippen LogP contribution in [-0.2, 0) is 14.8 Å². The summed E-state index contributed by atoms with van der Waals surface area (Å²) in [6, 6.07) is 12.4. The quantitative estimate of drug-likeness (QED) is 0.570. The summed E-state index contributed by atoms with van der Waals surface area (Å²) in [6.07, 6.45) is 1.66. The molecule has 0 aliphatic heterocycles. The molecular formula is C20H25ClN2O4S. The minimum atomic E-state index is -3.93. The van der Waals surface area contributed by atoms with Crippen molar-refractivity contribution in [3.63, 3.8) is 0 Å². The molecule has 0 unspecified atom stereocenters. The monoisotopic (exact) mass is 424 g/mol. The second kappa shape index (κ2) is 10.0.